The molecule has 0 saturated carbocycles. The highest BCUT2D eigenvalue weighted by Gasteiger charge is 2.26. The summed E-state index contributed by atoms with van der Waals surface area (Å²) in [6.45, 7) is 10.1. The molecule has 2 atom stereocenters. The van der Waals surface area contributed by atoms with Crippen molar-refractivity contribution in [1.82, 2.24) is 0 Å². The van der Waals surface area contributed by atoms with Crippen molar-refractivity contribution in [3.05, 3.63) is 0 Å². The Labute approximate surface area is 468 Å². The molecular formula is C64H124N2O10+2. The highest BCUT2D eigenvalue weighted by molar-refractivity contribution is 5.71. The normalized spacial score (nSPS) is 12.6. The van der Waals surface area contributed by atoms with E-state index in [1.807, 2.05) is 28.2 Å². The van der Waals surface area contributed by atoms with Gasteiger partial charge in [0.05, 0.1) is 34.8 Å². The fraction of sp³-hybridized carbons (Fsp3) is 0.922. The molecule has 0 fully saturated rings. The number of unbranched alkanes of at least 4 members (excludes halogenated alkanes) is 33. The van der Waals surface area contributed by atoms with Gasteiger partial charge in [-0.3, -0.25) is 14.4 Å². The number of nitrogens with zero attached hydrogens (tertiary/aromatic N) is 2. The van der Waals surface area contributed by atoms with Crippen LogP contribution < -0.4 is 0 Å². The standard InChI is InChI=1S/C64H124N2O10/c1-9-11-13-15-17-19-21-23-28-34-40-46-60(75-63(70)56-65(5,6)51-54-72-58(3)67)48-42-36-30-25-26-33-39-45-53-74-62(69)50-44-38-32-27-31-37-43-49-61(47-41-35-29-24-22-20-18-16-14-12-10-2)76-64(71)57-66(7,8)52-55-73-59(4)68/h60-61H,9-57H2,1-8H3/q+2. The van der Waals surface area contributed by atoms with E-state index in [9.17, 15) is 24.0 Å². The second-order valence-corrected chi connectivity index (χ2v) is 24.0. The Morgan fingerprint density at radius 2 is 0.579 bits per heavy atom. The van der Waals surface area contributed by atoms with Crippen LogP contribution in [0.1, 0.15) is 297 Å². The van der Waals surface area contributed by atoms with Crippen molar-refractivity contribution in [2.45, 2.75) is 310 Å². The van der Waals surface area contributed by atoms with Gasteiger partial charge in [-0.05, 0) is 64.2 Å². The minimum Gasteiger partial charge on any atom is -0.466 e. The molecule has 76 heavy (non-hydrogen) atoms. The van der Waals surface area contributed by atoms with E-state index in [1.165, 1.54) is 162 Å². The Bertz CT molecular complexity index is 1390. The topological polar surface area (TPSA) is 132 Å². The molecule has 0 amide bonds. The van der Waals surface area contributed by atoms with Gasteiger partial charge in [0, 0.05) is 20.3 Å². The average Bonchev–Trinajstić information content (AvgIpc) is 3.34. The number of esters is 5. The average molecular weight is 1080 g/mol. The third-order valence-electron chi connectivity index (χ3n) is 15.1. The minimum atomic E-state index is -0.302. The van der Waals surface area contributed by atoms with Crippen molar-refractivity contribution in [2.75, 3.05) is 74.2 Å². The molecule has 0 aromatic carbocycles. The fourth-order valence-electron chi connectivity index (χ4n) is 10.1. The first-order valence-electron chi connectivity index (χ1n) is 32.0. The van der Waals surface area contributed by atoms with Crippen LogP contribution in [0.3, 0.4) is 0 Å². The predicted octanol–water partition coefficient (Wildman–Crippen LogP) is 16.1. The molecule has 0 saturated heterocycles. The highest BCUT2D eigenvalue weighted by atomic mass is 16.6. The number of rotatable bonds is 57. The maximum Gasteiger partial charge on any atom is 0.362 e. The summed E-state index contributed by atoms with van der Waals surface area (Å²) in [6, 6.07) is 0. The molecule has 0 aliphatic heterocycles. The number of carbonyl (C=O) groups is 5. The van der Waals surface area contributed by atoms with Gasteiger partial charge in [-0.25, -0.2) is 9.59 Å². The van der Waals surface area contributed by atoms with Gasteiger partial charge in [0.15, 0.2) is 13.1 Å². The number of hydrogen-bond acceptors (Lipinski definition) is 10. The second kappa shape index (κ2) is 51.7. The summed E-state index contributed by atoms with van der Waals surface area (Å²) in [4.78, 5) is 60.9. The van der Waals surface area contributed by atoms with Crippen molar-refractivity contribution in [3.63, 3.8) is 0 Å². The van der Waals surface area contributed by atoms with E-state index in [-0.39, 0.29) is 55.1 Å². The van der Waals surface area contributed by atoms with E-state index in [0.717, 1.165) is 116 Å². The van der Waals surface area contributed by atoms with E-state index >= 15 is 0 Å². The molecule has 0 aromatic rings. The Morgan fingerprint density at radius 1 is 0.316 bits per heavy atom. The first-order chi connectivity index (χ1) is 36.6. The third-order valence-corrected chi connectivity index (χ3v) is 15.1. The SMILES string of the molecule is CCCCCCCCCCCCCC(CCCCCCCCCCOC(=O)CCCCCCCCCC(CCCCCCCCCCCCC)OC(=O)C[N+](C)(C)CCOC(C)=O)OC(=O)C[N+](C)(C)CCOC(C)=O. The van der Waals surface area contributed by atoms with Crippen molar-refractivity contribution in [1.29, 1.82) is 0 Å². The number of likely N-dealkylation sites (N-methyl/N-ethyl adjacent to an activating group) is 2. The van der Waals surface area contributed by atoms with Crippen LogP contribution in [0.2, 0.25) is 0 Å². The third kappa shape index (κ3) is 53.3. The second-order valence-electron chi connectivity index (χ2n) is 24.0. The summed E-state index contributed by atoms with van der Waals surface area (Å²) in [5, 5.41) is 0. The van der Waals surface area contributed by atoms with Crippen LogP contribution in [-0.4, -0.2) is 125 Å². The molecule has 0 N–H and O–H groups in total. The minimum absolute atomic E-state index is 0.0325. The van der Waals surface area contributed by atoms with Crippen molar-refractivity contribution < 1.29 is 56.6 Å². The lowest BCUT2D eigenvalue weighted by atomic mass is 10.0. The molecule has 0 aliphatic carbocycles. The van der Waals surface area contributed by atoms with Crippen molar-refractivity contribution in [2.24, 2.45) is 0 Å². The van der Waals surface area contributed by atoms with Crippen LogP contribution in [0.4, 0.5) is 0 Å². The van der Waals surface area contributed by atoms with Crippen LogP contribution in [-0.2, 0) is 47.7 Å². The van der Waals surface area contributed by atoms with Crippen LogP contribution in [0.25, 0.3) is 0 Å². The lowest BCUT2D eigenvalue weighted by Crippen LogP contribution is -2.47. The first-order valence-corrected chi connectivity index (χ1v) is 32.0. The summed E-state index contributed by atoms with van der Waals surface area (Å²) >= 11 is 0. The van der Waals surface area contributed by atoms with E-state index in [2.05, 4.69) is 13.8 Å². The molecule has 0 bridgehead atoms. The lowest BCUT2D eigenvalue weighted by molar-refractivity contribution is -0.883. The maximum atomic E-state index is 13.0. The quantitative estimate of drug-likeness (QED) is 0.0251. The summed E-state index contributed by atoms with van der Waals surface area (Å²) in [6.07, 6.45) is 49.2. The molecule has 12 nitrogen and oxygen atoms in total. The van der Waals surface area contributed by atoms with Gasteiger partial charge in [-0.15, -0.1) is 0 Å². The van der Waals surface area contributed by atoms with Gasteiger partial charge < -0.3 is 32.7 Å². The predicted molar refractivity (Wildman–Crippen MR) is 313 cm³/mol. The van der Waals surface area contributed by atoms with Crippen LogP contribution in [0.5, 0.6) is 0 Å². The molecule has 0 rings (SSSR count). The van der Waals surface area contributed by atoms with Crippen LogP contribution in [0, 0.1) is 0 Å². The van der Waals surface area contributed by atoms with Crippen LogP contribution >= 0.6 is 0 Å². The Morgan fingerprint density at radius 3 is 0.868 bits per heavy atom. The smallest absolute Gasteiger partial charge is 0.362 e. The summed E-state index contributed by atoms with van der Waals surface area (Å²) in [5.41, 5.74) is 0. The monoisotopic (exact) mass is 1080 g/mol. The molecule has 0 aliphatic rings. The van der Waals surface area contributed by atoms with E-state index in [0.29, 0.717) is 48.3 Å². The van der Waals surface area contributed by atoms with Crippen molar-refractivity contribution in [3.8, 4) is 0 Å². The largest absolute Gasteiger partial charge is 0.466 e. The Balaban J connectivity index is 4.33. The van der Waals surface area contributed by atoms with Gasteiger partial charge in [0.1, 0.15) is 38.5 Å². The lowest BCUT2D eigenvalue weighted by Gasteiger charge is -2.29. The Hall–Kier alpha value is -2.73. The van der Waals surface area contributed by atoms with E-state index < -0.39 is 0 Å². The van der Waals surface area contributed by atoms with Gasteiger partial charge in [0.25, 0.3) is 0 Å². The molecule has 448 valence electrons. The molecule has 0 heterocycles. The molecule has 0 aromatic heterocycles. The summed E-state index contributed by atoms with van der Waals surface area (Å²) in [7, 11) is 7.90. The number of hydrogen-bond donors (Lipinski definition) is 0. The van der Waals surface area contributed by atoms with E-state index in [4.69, 9.17) is 23.7 Å². The zero-order valence-electron chi connectivity index (χ0n) is 51.3. The van der Waals surface area contributed by atoms with Gasteiger partial charge in [0.2, 0.25) is 0 Å². The molecule has 12 heteroatoms. The van der Waals surface area contributed by atoms with Gasteiger partial charge in [-0.2, -0.15) is 0 Å². The fourth-order valence-corrected chi connectivity index (χ4v) is 10.1. The first kappa shape index (κ1) is 73.3. The highest BCUT2D eigenvalue weighted by Crippen LogP contribution is 2.21. The molecule has 0 radical (unpaired) electrons. The summed E-state index contributed by atoms with van der Waals surface area (Å²) < 4.78 is 28.8. The Kier molecular flexibility index (Phi) is 49.8. The van der Waals surface area contributed by atoms with Gasteiger partial charge >= 0.3 is 29.8 Å². The van der Waals surface area contributed by atoms with Crippen LogP contribution in [0.15, 0.2) is 0 Å². The van der Waals surface area contributed by atoms with E-state index in [1.54, 1.807) is 0 Å². The van der Waals surface area contributed by atoms with Crippen molar-refractivity contribution >= 4 is 29.8 Å². The molecule has 0 spiro atoms. The zero-order chi connectivity index (χ0) is 56.2. The number of carbonyl (C=O) groups excluding carboxylic acids is 5. The number of quaternary nitrogens is 2. The molecular weight excluding hydrogens is 957 g/mol. The van der Waals surface area contributed by atoms with Gasteiger partial charge in [-0.1, -0.05) is 213 Å². The summed E-state index contributed by atoms with van der Waals surface area (Å²) in [5.74, 6) is -1.00. The number of ether oxygens (including phenoxy) is 5. The zero-order valence-corrected chi connectivity index (χ0v) is 51.3. The molecule has 2 unspecified atom stereocenters. The maximum absolute atomic E-state index is 13.0.